The largest absolute Gasteiger partial charge is 0.465 e. The molecule has 168 valence electrons. The van der Waals surface area contributed by atoms with Crippen LogP contribution >= 0.6 is 11.3 Å². The second-order valence-corrected chi connectivity index (χ2v) is 9.08. The number of fused-ring (bicyclic) bond motifs is 2. The van der Waals surface area contributed by atoms with Crippen molar-refractivity contribution in [3.63, 3.8) is 0 Å². The molecule has 0 saturated carbocycles. The van der Waals surface area contributed by atoms with Crippen LogP contribution in [0, 0.1) is 5.92 Å². The minimum absolute atomic E-state index is 0.00746. The number of nitrogens with one attached hydrogen (secondary N) is 1. The summed E-state index contributed by atoms with van der Waals surface area (Å²) in [5, 5.41) is 6.61. The van der Waals surface area contributed by atoms with Crippen molar-refractivity contribution in [2.24, 2.45) is 5.92 Å². The van der Waals surface area contributed by atoms with Gasteiger partial charge in [-0.1, -0.05) is 13.0 Å². The summed E-state index contributed by atoms with van der Waals surface area (Å²) in [7, 11) is 0. The van der Waals surface area contributed by atoms with Crippen LogP contribution in [0.3, 0.4) is 0 Å². The molecule has 0 radical (unpaired) electrons. The number of carbonyl (C=O) groups excluding carboxylic acids is 1. The smallest absolute Gasteiger partial charge is 0.326 e. The summed E-state index contributed by atoms with van der Waals surface area (Å²) < 4.78 is 16.4. The van der Waals surface area contributed by atoms with Gasteiger partial charge < -0.3 is 19.1 Å². The quantitative estimate of drug-likeness (QED) is 0.568. The highest BCUT2D eigenvalue weighted by Gasteiger charge is 2.48. The van der Waals surface area contributed by atoms with Gasteiger partial charge in [0, 0.05) is 37.1 Å². The van der Waals surface area contributed by atoms with Gasteiger partial charge in [0.05, 0.1) is 6.61 Å². The minimum atomic E-state index is -0.782. The lowest BCUT2D eigenvalue weighted by molar-refractivity contribution is -0.154. The number of carbonyl (C=O) groups is 1. The van der Waals surface area contributed by atoms with Gasteiger partial charge in [-0.15, -0.1) is 11.3 Å². The lowest BCUT2D eigenvalue weighted by atomic mass is 9.78. The number of benzene rings is 1. The molecule has 4 heterocycles. The summed E-state index contributed by atoms with van der Waals surface area (Å²) in [6.45, 7) is 6.36. The second kappa shape index (κ2) is 8.55. The zero-order chi connectivity index (χ0) is 22.1. The molecule has 0 bridgehead atoms. The summed E-state index contributed by atoms with van der Waals surface area (Å²) in [5.74, 6) is 1.98. The molecular formula is C23H26N4O4S. The van der Waals surface area contributed by atoms with E-state index in [0.29, 0.717) is 38.6 Å². The van der Waals surface area contributed by atoms with Crippen LogP contribution in [0.5, 0.6) is 11.5 Å². The molecule has 9 heteroatoms. The maximum Gasteiger partial charge on any atom is 0.326 e. The maximum atomic E-state index is 13.1. The summed E-state index contributed by atoms with van der Waals surface area (Å²) in [5.41, 5.74) is 0.245. The van der Waals surface area contributed by atoms with Crippen LogP contribution in [0.4, 0.5) is 5.95 Å². The Morgan fingerprint density at radius 2 is 2.22 bits per heavy atom. The van der Waals surface area contributed by atoms with E-state index in [1.165, 1.54) is 0 Å². The van der Waals surface area contributed by atoms with E-state index in [-0.39, 0.29) is 18.7 Å². The number of hydrogen-bond donors (Lipinski definition) is 1. The predicted octanol–water partition coefficient (Wildman–Crippen LogP) is 3.36. The van der Waals surface area contributed by atoms with Crippen LogP contribution in [-0.4, -0.2) is 48.0 Å². The molecule has 32 heavy (non-hydrogen) atoms. The number of nitrogens with zero attached hydrogens (tertiary/aromatic N) is 3. The molecule has 8 nitrogen and oxygen atoms in total. The molecule has 2 unspecified atom stereocenters. The number of rotatable bonds is 6. The van der Waals surface area contributed by atoms with E-state index in [0.717, 1.165) is 27.3 Å². The first-order chi connectivity index (χ1) is 15.6. The SMILES string of the molecule is CCOC(=O)C1(NCc2ccc3c(c2)OCO3)CCN(c2ncc3ccsc3n2)CC1C. The summed E-state index contributed by atoms with van der Waals surface area (Å²) >= 11 is 1.61. The van der Waals surface area contributed by atoms with E-state index in [1.54, 1.807) is 11.3 Å². The highest BCUT2D eigenvalue weighted by atomic mass is 32.1. The number of hydrogen-bond acceptors (Lipinski definition) is 9. The van der Waals surface area contributed by atoms with E-state index in [4.69, 9.17) is 19.2 Å². The van der Waals surface area contributed by atoms with Crippen molar-refractivity contribution >= 4 is 33.5 Å². The predicted molar refractivity (Wildman–Crippen MR) is 122 cm³/mol. The van der Waals surface area contributed by atoms with Gasteiger partial charge in [0.15, 0.2) is 11.5 Å². The lowest BCUT2D eigenvalue weighted by Crippen LogP contribution is -2.64. The molecular weight excluding hydrogens is 428 g/mol. The summed E-state index contributed by atoms with van der Waals surface area (Å²) in [6.07, 6.45) is 2.47. The molecule has 2 atom stereocenters. The third-order valence-corrected chi connectivity index (χ3v) is 7.10. The Hall–Kier alpha value is -2.91. The van der Waals surface area contributed by atoms with Crippen molar-refractivity contribution < 1.29 is 19.0 Å². The molecule has 5 rings (SSSR count). The number of aromatic nitrogens is 2. The van der Waals surface area contributed by atoms with Crippen molar-refractivity contribution in [2.45, 2.75) is 32.4 Å². The number of anilines is 1. The van der Waals surface area contributed by atoms with Crippen LogP contribution in [0.1, 0.15) is 25.8 Å². The number of thiophene rings is 1. The molecule has 1 saturated heterocycles. The Morgan fingerprint density at radius 1 is 1.34 bits per heavy atom. The first-order valence-corrected chi connectivity index (χ1v) is 11.7. The maximum absolute atomic E-state index is 13.1. The fourth-order valence-corrected chi connectivity index (χ4v) is 5.16. The van der Waals surface area contributed by atoms with Crippen LogP contribution in [0.25, 0.3) is 10.2 Å². The fourth-order valence-electron chi connectivity index (χ4n) is 4.43. The molecule has 2 aromatic heterocycles. The Bertz CT molecular complexity index is 1140. The molecule has 2 aliphatic heterocycles. The van der Waals surface area contributed by atoms with Crippen molar-refractivity contribution in [1.82, 2.24) is 15.3 Å². The number of piperidine rings is 1. The van der Waals surface area contributed by atoms with Gasteiger partial charge in [-0.05, 0) is 42.5 Å². The third-order valence-electron chi connectivity index (χ3n) is 6.27. The molecule has 0 spiro atoms. The molecule has 0 amide bonds. The first kappa shape index (κ1) is 21.0. The van der Waals surface area contributed by atoms with Gasteiger partial charge in [-0.25, -0.2) is 9.97 Å². The van der Waals surface area contributed by atoms with E-state index >= 15 is 0 Å². The molecule has 1 N–H and O–H groups in total. The minimum Gasteiger partial charge on any atom is -0.465 e. The normalized spacial score (nSPS) is 22.3. The van der Waals surface area contributed by atoms with Crippen LogP contribution in [-0.2, 0) is 16.1 Å². The van der Waals surface area contributed by atoms with Crippen molar-refractivity contribution in [3.05, 3.63) is 41.4 Å². The van der Waals surface area contributed by atoms with E-state index in [1.807, 2.05) is 42.8 Å². The fraction of sp³-hybridized carbons (Fsp3) is 0.435. The van der Waals surface area contributed by atoms with Crippen molar-refractivity contribution in [2.75, 3.05) is 31.4 Å². The first-order valence-electron chi connectivity index (χ1n) is 10.8. The highest BCUT2D eigenvalue weighted by molar-refractivity contribution is 7.16. The third kappa shape index (κ3) is 3.75. The van der Waals surface area contributed by atoms with Gasteiger partial charge in [0.2, 0.25) is 12.7 Å². The topological polar surface area (TPSA) is 85.8 Å². The Balaban J connectivity index is 1.34. The molecule has 2 aliphatic rings. The zero-order valence-corrected chi connectivity index (χ0v) is 19.0. The second-order valence-electron chi connectivity index (χ2n) is 8.18. The van der Waals surface area contributed by atoms with E-state index in [9.17, 15) is 4.79 Å². The van der Waals surface area contributed by atoms with Gasteiger partial charge in [0.1, 0.15) is 10.4 Å². The summed E-state index contributed by atoms with van der Waals surface area (Å²) in [6, 6.07) is 7.87. The molecule has 0 aliphatic carbocycles. The van der Waals surface area contributed by atoms with Crippen LogP contribution in [0.15, 0.2) is 35.8 Å². The summed E-state index contributed by atoms with van der Waals surface area (Å²) in [4.78, 5) is 25.6. The van der Waals surface area contributed by atoms with E-state index < -0.39 is 5.54 Å². The molecule has 1 fully saturated rings. The standard InChI is InChI=1S/C23H26N4O4S/c1-3-29-21(28)23(25-11-16-4-5-18-19(10-16)31-14-30-18)7-8-27(13-15(23)2)22-24-12-17-6-9-32-20(17)26-22/h4-6,9-10,12,15,25H,3,7-8,11,13-14H2,1-2H3. The molecule has 3 aromatic rings. The zero-order valence-electron chi connectivity index (χ0n) is 18.2. The van der Waals surface area contributed by atoms with Gasteiger partial charge in [0.25, 0.3) is 0 Å². The monoisotopic (exact) mass is 454 g/mol. The average molecular weight is 455 g/mol. The average Bonchev–Trinajstić information content (AvgIpc) is 3.46. The van der Waals surface area contributed by atoms with Gasteiger partial charge in [-0.3, -0.25) is 10.1 Å². The lowest BCUT2D eigenvalue weighted by Gasteiger charge is -2.45. The van der Waals surface area contributed by atoms with Gasteiger partial charge in [-0.2, -0.15) is 0 Å². The van der Waals surface area contributed by atoms with Crippen molar-refractivity contribution in [3.8, 4) is 11.5 Å². The van der Waals surface area contributed by atoms with Crippen LogP contribution < -0.4 is 19.7 Å². The Kier molecular flexibility index (Phi) is 5.60. The number of esters is 1. The van der Waals surface area contributed by atoms with E-state index in [2.05, 4.69) is 22.1 Å². The van der Waals surface area contributed by atoms with Crippen molar-refractivity contribution in [1.29, 1.82) is 0 Å². The van der Waals surface area contributed by atoms with Gasteiger partial charge >= 0.3 is 5.97 Å². The highest BCUT2D eigenvalue weighted by Crippen LogP contribution is 2.35. The Morgan fingerprint density at radius 3 is 3.06 bits per heavy atom. The van der Waals surface area contributed by atoms with Crippen LogP contribution in [0.2, 0.25) is 0 Å². The number of ether oxygens (including phenoxy) is 3. The molecule has 1 aromatic carbocycles. The Labute approximate surface area is 190 Å².